The van der Waals surface area contributed by atoms with E-state index in [2.05, 4.69) is 0 Å². The molecular formula is C10H8N2O4. The summed E-state index contributed by atoms with van der Waals surface area (Å²) in [4.78, 5) is 21.1. The molecular weight excluding hydrogens is 212 g/mol. The van der Waals surface area contributed by atoms with Crippen molar-refractivity contribution in [2.45, 2.75) is 0 Å². The average molecular weight is 220 g/mol. The number of carboxylic acid groups (broad SMARTS) is 1. The van der Waals surface area contributed by atoms with Crippen molar-refractivity contribution < 1.29 is 14.8 Å². The van der Waals surface area contributed by atoms with Crippen molar-refractivity contribution in [1.29, 1.82) is 0 Å². The smallest absolute Gasteiger partial charge is 0.335 e. The van der Waals surface area contributed by atoms with E-state index in [-0.39, 0.29) is 11.3 Å². The number of carboxylic acids is 1. The van der Waals surface area contributed by atoms with Gasteiger partial charge in [-0.2, -0.15) is 0 Å². The van der Waals surface area contributed by atoms with E-state index in [4.69, 9.17) is 5.11 Å². The molecule has 6 nitrogen and oxygen atoms in total. The molecule has 6 heteroatoms. The summed E-state index contributed by atoms with van der Waals surface area (Å²) in [7, 11) is 1.68. The molecule has 0 aliphatic carbocycles. The number of nitrogens with zero attached hydrogens (tertiary/aromatic N) is 2. The number of benzene rings is 1. The maximum Gasteiger partial charge on any atom is 0.335 e. The van der Waals surface area contributed by atoms with Crippen molar-refractivity contribution >= 4 is 22.6 Å². The third kappa shape index (κ3) is 1.40. The molecule has 82 valence electrons. The van der Waals surface area contributed by atoms with Crippen LogP contribution < -0.4 is 0 Å². The monoisotopic (exact) mass is 220 g/mol. The van der Waals surface area contributed by atoms with Crippen LogP contribution in [0.5, 0.6) is 0 Å². The molecule has 0 bridgehead atoms. The van der Waals surface area contributed by atoms with E-state index >= 15 is 0 Å². The molecule has 1 aromatic heterocycles. The van der Waals surface area contributed by atoms with Crippen molar-refractivity contribution in [3.63, 3.8) is 0 Å². The summed E-state index contributed by atoms with van der Waals surface area (Å²) in [6.07, 6.45) is 1.66. The van der Waals surface area contributed by atoms with Crippen molar-refractivity contribution in [3.05, 3.63) is 40.1 Å². The third-order valence-corrected chi connectivity index (χ3v) is 2.39. The van der Waals surface area contributed by atoms with Gasteiger partial charge in [-0.3, -0.25) is 10.1 Å². The first-order valence-corrected chi connectivity index (χ1v) is 4.47. The molecule has 1 N–H and O–H groups in total. The number of rotatable bonds is 2. The topological polar surface area (TPSA) is 85.4 Å². The molecule has 2 rings (SSSR count). The van der Waals surface area contributed by atoms with Crippen LogP contribution in [-0.4, -0.2) is 20.6 Å². The van der Waals surface area contributed by atoms with Crippen LogP contribution in [0, 0.1) is 10.1 Å². The van der Waals surface area contributed by atoms with Gasteiger partial charge in [0, 0.05) is 24.7 Å². The number of nitro groups is 1. The van der Waals surface area contributed by atoms with Crippen molar-refractivity contribution in [2.75, 3.05) is 0 Å². The zero-order valence-corrected chi connectivity index (χ0v) is 8.38. The Kier molecular flexibility index (Phi) is 2.12. The van der Waals surface area contributed by atoms with Gasteiger partial charge in [-0.05, 0) is 12.1 Å². The van der Waals surface area contributed by atoms with Gasteiger partial charge in [0.25, 0.3) is 5.69 Å². The number of non-ortho nitro benzene ring substituents is 1. The molecule has 0 saturated carbocycles. The van der Waals surface area contributed by atoms with E-state index in [1.165, 1.54) is 6.07 Å². The Hall–Kier alpha value is -2.37. The van der Waals surface area contributed by atoms with E-state index in [1.807, 2.05) is 0 Å². The SMILES string of the molecule is Cn1ccc2cc(C(=O)O)cc([N+](=O)[O-])c21. The lowest BCUT2D eigenvalue weighted by Gasteiger charge is -2.00. The molecule has 0 aliphatic rings. The normalized spacial score (nSPS) is 10.6. The second-order valence-corrected chi connectivity index (χ2v) is 3.42. The van der Waals surface area contributed by atoms with Crippen molar-refractivity contribution in [2.24, 2.45) is 7.05 Å². The predicted octanol–water partition coefficient (Wildman–Crippen LogP) is 1.78. The highest BCUT2D eigenvalue weighted by molar-refractivity contribution is 5.98. The van der Waals surface area contributed by atoms with Crippen LogP contribution in [0.15, 0.2) is 24.4 Å². The predicted molar refractivity (Wildman–Crippen MR) is 56.5 cm³/mol. The van der Waals surface area contributed by atoms with Gasteiger partial charge in [-0.25, -0.2) is 4.79 Å². The molecule has 1 heterocycles. The lowest BCUT2D eigenvalue weighted by molar-refractivity contribution is -0.383. The Morgan fingerprint density at radius 3 is 2.75 bits per heavy atom. The van der Waals surface area contributed by atoms with Gasteiger partial charge in [-0.1, -0.05) is 0 Å². The molecule has 0 amide bonds. The van der Waals surface area contributed by atoms with Crippen LogP contribution in [-0.2, 0) is 7.05 Å². The van der Waals surface area contributed by atoms with Crippen LogP contribution >= 0.6 is 0 Å². The molecule has 0 saturated heterocycles. The van der Waals surface area contributed by atoms with Gasteiger partial charge >= 0.3 is 5.97 Å². The summed E-state index contributed by atoms with van der Waals surface area (Å²) in [5.74, 6) is -1.17. The lowest BCUT2D eigenvalue weighted by Crippen LogP contribution is -2.00. The summed E-state index contributed by atoms with van der Waals surface area (Å²) in [5, 5.41) is 20.2. The Bertz CT molecular complexity index is 600. The zero-order chi connectivity index (χ0) is 11.9. The van der Waals surface area contributed by atoms with Crippen LogP contribution in [0.1, 0.15) is 10.4 Å². The molecule has 2 aromatic rings. The number of aromatic carboxylic acids is 1. The van der Waals surface area contributed by atoms with Crippen molar-refractivity contribution in [3.8, 4) is 0 Å². The first-order valence-electron chi connectivity index (χ1n) is 4.47. The standard InChI is InChI=1S/C10H8N2O4/c1-11-3-2-6-4-7(10(13)14)5-8(9(6)11)12(15)16/h2-5H,1H3,(H,13,14). The Balaban J connectivity index is 2.86. The summed E-state index contributed by atoms with van der Waals surface area (Å²) in [6.45, 7) is 0. The molecule has 1 aromatic carbocycles. The number of nitro benzene ring substituents is 1. The molecule has 0 fully saturated rings. The second-order valence-electron chi connectivity index (χ2n) is 3.42. The van der Waals surface area contributed by atoms with Crippen LogP contribution in [0.4, 0.5) is 5.69 Å². The fraction of sp³-hybridized carbons (Fsp3) is 0.100. The molecule has 0 spiro atoms. The van der Waals surface area contributed by atoms with Crippen LogP contribution in [0.2, 0.25) is 0 Å². The van der Waals surface area contributed by atoms with Crippen LogP contribution in [0.3, 0.4) is 0 Å². The number of hydrogen-bond donors (Lipinski definition) is 1. The number of aryl methyl sites for hydroxylation is 1. The van der Waals surface area contributed by atoms with Gasteiger partial charge in [-0.15, -0.1) is 0 Å². The van der Waals surface area contributed by atoms with Gasteiger partial charge in [0.1, 0.15) is 5.52 Å². The van der Waals surface area contributed by atoms with Gasteiger partial charge in [0.15, 0.2) is 0 Å². The highest BCUT2D eigenvalue weighted by Gasteiger charge is 2.18. The second kappa shape index (κ2) is 3.34. The summed E-state index contributed by atoms with van der Waals surface area (Å²) < 4.78 is 1.60. The van der Waals surface area contributed by atoms with Gasteiger partial charge in [0.2, 0.25) is 0 Å². The molecule has 16 heavy (non-hydrogen) atoms. The first-order chi connectivity index (χ1) is 7.50. The highest BCUT2D eigenvalue weighted by atomic mass is 16.6. The maximum absolute atomic E-state index is 10.8. The Morgan fingerprint density at radius 2 is 2.19 bits per heavy atom. The largest absolute Gasteiger partial charge is 0.478 e. The minimum absolute atomic E-state index is 0.0783. The molecule has 0 radical (unpaired) electrons. The fourth-order valence-corrected chi connectivity index (χ4v) is 1.68. The lowest BCUT2D eigenvalue weighted by atomic mass is 10.1. The van der Waals surface area contributed by atoms with E-state index in [0.29, 0.717) is 10.9 Å². The Morgan fingerprint density at radius 1 is 1.50 bits per heavy atom. The molecule has 0 atom stereocenters. The Labute approximate surface area is 89.9 Å². The van der Waals surface area contributed by atoms with Crippen LogP contribution in [0.25, 0.3) is 10.9 Å². The van der Waals surface area contributed by atoms with E-state index in [0.717, 1.165) is 6.07 Å². The van der Waals surface area contributed by atoms with Gasteiger partial charge in [0.05, 0.1) is 10.5 Å². The average Bonchev–Trinajstić information content (AvgIpc) is 2.59. The summed E-state index contributed by atoms with van der Waals surface area (Å²) in [6, 6.07) is 4.14. The first kappa shape index (κ1) is 10.2. The molecule has 0 aliphatic heterocycles. The van der Waals surface area contributed by atoms with Gasteiger partial charge < -0.3 is 9.67 Å². The third-order valence-electron chi connectivity index (χ3n) is 2.39. The number of hydrogen-bond acceptors (Lipinski definition) is 3. The van der Waals surface area contributed by atoms with E-state index < -0.39 is 10.9 Å². The molecule has 0 unspecified atom stereocenters. The minimum Gasteiger partial charge on any atom is -0.478 e. The minimum atomic E-state index is -1.17. The number of carbonyl (C=O) groups is 1. The zero-order valence-electron chi connectivity index (χ0n) is 8.38. The maximum atomic E-state index is 10.8. The summed E-state index contributed by atoms with van der Waals surface area (Å²) in [5.41, 5.74) is 0.155. The fourth-order valence-electron chi connectivity index (χ4n) is 1.68. The quantitative estimate of drug-likeness (QED) is 0.617. The van der Waals surface area contributed by atoms with Crippen molar-refractivity contribution in [1.82, 2.24) is 4.57 Å². The summed E-state index contributed by atoms with van der Waals surface area (Å²) >= 11 is 0. The highest BCUT2D eigenvalue weighted by Crippen LogP contribution is 2.27. The number of fused-ring (bicyclic) bond motifs is 1. The van der Waals surface area contributed by atoms with E-state index in [9.17, 15) is 14.9 Å². The van der Waals surface area contributed by atoms with E-state index in [1.54, 1.807) is 23.9 Å². The number of aromatic nitrogens is 1.